The lowest BCUT2D eigenvalue weighted by atomic mass is 10.1. The van der Waals surface area contributed by atoms with Gasteiger partial charge in [0.05, 0.1) is 18.2 Å². The molecule has 2 saturated heterocycles. The van der Waals surface area contributed by atoms with Gasteiger partial charge in [0.15, 0.2) is 0 Å². The lowest BCUT2D eigenvalue weighted by Crippen LogP contribution is -2.42. The first kappa shape index (κ1) is 16.9. The zero-order valence-corrected chi connectivity index (χ0v) is 14.3. The van der Waals surface area contributed by atoms with E-state index >= 15 is 0 Å². The SMILES string of the molecule is CCN1CCC[C@H]1CNC(=O)[C@@H]1CC(=O)N(Cc2ccccn2)C1. The molecule has 0 saturated carbocycles. The molecular weight excluding hydrogens is 304 g/mol. The van der Waals surface area contributed by atoms with Crippen LogP contribution >= 0.6 is 0 Å². The number of likely N-dealkylation sites (tertiary alicyclic amines) is 2. The molecule has 0 aromatic carbocycles. The van der Waals surface area contributed by atoms with E-state index in [-0.39, 0.29) is 17.7 Å². The number of nitrogens with zero attached hydrogens (tertiary/aromatic N) is 3. The van der Waals surface area contributed by atoms with Gasteiger partial charge in [0, 0.05) is 31.7 Å². The van der Waals surface area contributed by atoms with Gasteiger partial charge < -0.3 is 10.2 Å². The van der Waals surface area contributed by atoms with Crippen molar-refractivity contribution < 1.29 is 9.59 Å². The van der Waals surface area contributed by atoms with Crippen molar-refractivity contribution in [3.8, 4) is 0 Å². The van der Waals surface area contributed by atoms with Crippen molar-refractivity contribution in [3.63, 3.8) is 0 Å². The van der Waals surface area contributed by atoms with Crippen molar-refractivity contribution in [2.75, 3.05) is 26.2 Å². The smallest absolute Gasteiger partial charge is 0.225 e. The fourth-order valence-electron chi connectivity index (χ4n) is 3.69. The van der Waals surface area contributed by atoms with E-state index in [0.717, 1.165) is 25.2 Å². The first-order valence-electron chi connectivity index (χ1n) is 8.86. The number of nitrogens with one attached hydrogen (secondary N) is 1. The van der Waals surface area contributed by atoms with Crippen LogP contribution in [0.25, 0.3) is 0 Å². The minimum atomic E-state index is -0.238. The maximum Gasteiger partial charge on any atom is 0.225 e. The Morgan fingerprint density at radius 1 is 1.42 bits per heavy atom. The number of pyridine rings is 1. The molecule has 0 unspecified atom stereocenters. The molecular formula is C18H26N4O2. The van der Waals surface area contributed by atoms with Crippen LogP contribution in [0.5, 0.6) is 0 Å². The van der Waals surface area contributed by atoms with Crippen molar-refractivity contribution in [1.29, 1.82) is 0 Å². The van der Waals surface area contributed by atoms with E-state index in [9.17, 15) is 9.59 Å². The third-order valence-electron chi connectivity index (χ3n) is 5.08. The maximum absolute atomic E-state index is 12.4. The van der Waals surface area contributed by atoms with Gasteiger partial charge in [0.1, 0.15) is 0 Å². The molecule has 3 rings (SSSR count). The highest BCUT2D eigenvalue weighted by Gasteiger charge is 2.35. The highest BCUT2D eigenvalue weighted by atomic mass is 16.2. The molecule has 130 valence electrons. The molecule has 2 fully saturated rings. The summed E-state index contributed by atoms with van der Waals surface area (Å²) in [6, 6.07) is 6.11. The third-order valence-corrected chi connectivity index (χ3v) is 5.08. The highest BCUT2D eigenvalue weighted by Crippen LogP contribution is 2.20. The van der Waals surface area contributed by atoms with Crippen LogP contribution in [-0.4, -0.2) is 58.8 Å². The Hall–Kier alpha value is -1.95. The predicted molar refractivity (Wildman–Crippen MR) is 91.0 cm³/mol. The van der Waals surface area contributed by atoms with E-state index in [1.54, 1.807) is 11.1 Å². The molecule has 1 aromatic rings. The zero-order chi connectivity index (χ0) is 16.9. The van der Waals surface area contributed by atoms with Crippen molar-refractivity contribution in [3.05, 3.63) is 30.1 Å². The standard InChI is InChI=1S/C18H26N4O2/c1-2-21-9-5-7-16(21)11-20-18(24)14-10-17(23)22(12-14)13-15-6-3-4-8-19-15/h3-4,6,8,14,16H,2,5,7,9-13H2,1H3,(H,20,24)/t14-,16+/m1/s1. The minimum Gasteiger partial charge on any atom is -0.354 e. The van der Waals surface area contributed by atoms with Gasteiger partial charge in [-0.05, 0) is 38.1 Å². The molecule has 2 aliphatic rings. The molecule has 0 spiro atoms. The van der Waals surface area contributed by atoms with Crippen LogP contribution < -0.4 is 5.32 Å². The summed E-state index contributed by atoms with van der Waals surface area (Å²) in [6.45, 7) is 5.97. The van der Waals surface area contributed by atoms with E-state index in [2.05, 4.69) is 22.1 Å². The lowest BCUT2D eigenvalue weighted by Gasteiger charge is -2.23. The van der Waals surface area contributed by atoms with E-state index in [4.69, 9.17) is 0 Å². The number of rotatable bonds is 6. The van der Waals surface area contributed by atoms with Gasteiger partial charge in [-0.3, -0.25) is 19.5 Å². The van der Waals surface area contributed by atoms with Crippen LogP contribution in [0.4, 0.5) is 0 Å². The summed E-state index contributed by atoms with van der Waals surface area (Å²) in [5, 5.41) is 3.06. The average Bonchev–Trinajstić information content (AvgIpc) is 3.20. The lowest BCUT2D eigenvalue weighted by molar-refractivity contribution is -0.129. The summed E-state index contributed by atoms with van der Waals surface area (Å²) < 4.78 is 0. The summed E-state index contributed by atoms with van der Waals surface area (Å²) in [5.41, 5.74) is 0.858. The topological polar surface area (TPSA) is 65.5 Å². The van der Waals surface area contributed by atoms with Crippen LogP contribution in [0.3, 0.4) is 0 Å². The summed E-state index contributed by atoms with van der Waals surface area (Å²) in [4.78, 5) is 33.0. The third kappa shape index (κ3) is 3.93. The largest absolute Gasteiger partial charge is 0.354 e. The van der Waals surface area contributed by atoms with Gasteiger partial charge in [-0.15, -0.1) is 0 Å². The molecule has 2 atom stereocenters. The second-order valence-electron chi connectivity index (χ2n) is 6.67. The Labute approximate surface area is 143 Å². The molecule has 3 heterocycles. The number of carbonyl (C=O) groups excluding carboxylic acids is 2. The van der Waals surface area contributed by atoms with E-state index in [1.165, 1.54) is 6.42 Å². The van der Waals surface area contributed by atoms with Crippen molar-refractivity contribution in [1.82, 2.24) is 20.1 Å². The molecule has 2 amide bonds. The van der Waals surface area contributed by atoms with Crippen LogP contribution in [0.2, 0.25) is 0 Å². The monoisotopic (exact) mass is 330 g/mol. The summed E-state index contributed by atoms with van der Waals surface area (Å²) in [6.07, 6.45) is 4.37. The Morgan fingerprint density at radius 2 is 2.29 bits per heavy atom. The molecule has 0 aliphatic carbocycles. The fraction of sp³-hybridized carbons (Fsp3) is 0.611. The maximum atomic E-state index is 12.4. The number of hydrogen-bond donors (Lipinski definition) is 1. The number of amides is 2. The molecule has 6 heteroatoms. The van der Waals surface area contributed by atoms with Gasteiger partial charge in [0.2, 0.25) is 11.8 Å². The summed E-state index contributed by atoms with van der Waals surface area (Å²) in [7, 11) is 0. The van der Waals surface area contributed by atoms with Crippen LogP contribution in [0.15, 0.2) is 24.4 Å². The number of carbonyl (C=O) groups is 2. The normalized spacial score (nSPS) is 24.5. The molecule has 0 bridgehead atoms. The van der Waals surface area contributed by atoms with Crippen molar-refractivity contribution >= 4 is 11.8 Å². The summed E-state index contributed by atoms with van der Waals surface area (Å²) in [5.74, 6) is -0.190. The summed E-state index contributed by atoms with van der Waals surface area (Å²) >= 11 is 0. The molecule has 0 radical (unpaired) electrons. The number of likely N-dealkylation sites (N-methyl/N-ethyl adjacent to an activating group) is 1. The number of hydrogen-bond acceptors (Lipinski definition) is 4. The Balaban J connectivity index is 1.49. The van der Waals surface area contributed by atoms with Gasteiger partial charge in [-0.1, -0.05) is 13.0 Å². The Morgan fingerprint density at radius 3 is 3.04 bits per heavy atom. The first-order chi connectivity index (χ1) is 11.7. The van der Waals surface area contributed by atoms with Gasteiger partial charge in [-0.25, -0.2) is 0 Å². The molecule has 2 aliphatic heterocycles. The van der Waals surface area contributed by atoms with Crippen LogP contribution in [0, 0.1) is 5.92 Å². The molecule has 6 nitrogen and oxygen atoms in total. The van der Waals surface area contributed by atoms with Crippen LogP contribution in [-0.2, 0) is 16.1 Å². The quantitative estimate of drug-likeness (QED) is 0.846. The molecule has 1 aromatic heterocycles. The second-order valence-corrected chi connectivity index (χ2v) is 6.67. The Kier molecular flexibility index (Phi) is 5.45. The number of aromatic nitrogens is 1. The molecule has 1 N–H and O–H groups in total. The van der Waals surface area contributed by atoms with Gasteiger partial charge >= 0.3 is 0 Å². The zero-order valence-electron chi connectivity index (χ0n) is 14.3. The van der Waals surface area contributed by atoms with Gasteiger partial charge in [0.25, 0.3) is 0 Å². The minimum absolute atomic E-state index is 0.00910. The first-order valence-corrected chi connectivity index (χ1v) is 8.86. The average molecular weight is 330 g/mol. The van der Waals surface area contributed by atoms with Crippen molar-refractivity contribution in [2.45, 2.75) is 38.8 Å². The fourth-order valence-corrected chi connectivity index (χ4v) is 3.69. The highest BCUT2D eigenvalue weighted by molar-refractivity contribution is 5.89. The van der Waals surface area contributed by atoms with E-state index in [1.807, 2.05) is 18.2 Å². The van der Waals surface area contributed by atoms with Crippen molar-refractivity contribution in [2.24, 2.45) is 5.92 Å². The van der Waals surface area contributed by atoms with E-state index in [0.29, 0.717) is 32.1 Å². The van der Waals surface area contributed by atoms with Gasteiger partial charge in [-0.2, -0.15) is 0 Å². The predicted octanol–water partition coefficient (Wildman–Crippen LogP) is 1.03. The molecule has 24 heavy (non-hydrogen) atoms. The van der Waals surface area contributed by atoms with Crippen LogP contribution in [0.1, 0.15) is 31.9 Å². The second kappa shape index (κ2) is 7.75. The Bertz CT molecular complexity index is 578. The van der Waals surface area contributed by atoms with E-state index < -0.39 is 0 Å².